The molecule has 6 nitrogen and oxygen atoms in total. The van der Waals surface area contributed by atoms with Gasteiger partial charge in [-0.05, 0) is 38.3 Å². The van der Waals surface area contributed by atoms with E-state index in [2.05, 4.69) is 41.4 Å². The van der Waals surface area contributed by atoms with Crippen LogP contribution < -0.4 is 5.32 Å². The van der Waals surface area contributed by atoms with E-state index in [-0.39, 0.29) is 0 Å². The number of hydrogen-bond donors (Lipinski definition) is 3. The Morgan fingerprint density at radius 3 is 2.30 bits per heavy atom. The molecule has 0 aromatic heterocycles. The van der Waals surface area contributed by atoms with Gasteiger partial charge in [0.05, 0.1) is 0 Å². The predicted molar refractivity (Wildman–Crippen MR) is 105 cm³/mol. The van der Waals surface area contributed by atoms with Gasteiger partial charge in [0.15, 0.2) is 0 Å². The van der Waals surface area contributed by atoms with E-state index in [9.17, 15) is 9.59 Å². The second-order valence-corrected chi connectivity index (χ2v) is 7.26. The first kappa shape index (κ1) is 21.1. The number of carbonyl (C=O) groups is 2. The Labute approximate surface area is 160 Å². The summed E-state index contributed by atoms with van der Waals surface area (Å²) in [5, 5.41) is 19.2. The van der Waals surface area contributed by atoms with Gasteiger partial charge < -0.3 is 15.5 Å². The summed E-state index contributed by atoms with van der Waals surface area (Å²) in [6.45, 7) is 5.71. The molecule has 0 unspecified atom stereocenters. The third-order valence-electron chi connectivity index (χ3n) is 5.11. The lowest BCUT2D eigenvalue weighted by atomic mass is 10.1. The molecule has 1 saturated carbocycles. The molecule has 6 heteroatoms. The quantitative estimate of drug-likeness (QED) is 0.664. The zero-order valence-electron chi connectivity index (χ0n) is 15.9. The maximum atomic E-state index is 9.55. The number of aliphatic carboxylic acids is 2. The van der Waals surface area contributed by atoms with E-state index in [1.54, 1.807) is 0 Å². The Bertz CT molecular complexity index is 615. The third kappa shape index (κ3) is 7.53. The highest BCUT2D eigenvalue weighted by Crippen LogP contribution is 2.28. The number of aryl methyl sites for hydroxylation is 1. The Kier molecular flexibility index (Phi) is 8.48. The van der Waals surface area contributed by atoms with Gasteiger partial charge in [0.1, 0.15) is 0 Å². The summed E-state index contributed by atoms with van der Waals surface area (Å²) < 4.78 is 0. The van der Waals surface area contributed by atoms with Crippen LogP contribution in [0.4, 0.5) is 0 Å². The highest BCUT2D eigenvalue weighted by molar-refractivity contribution is 5.89. The van der Waals surface area contributed by atoms with Gasteiger partial charge in [0.25, 0.3) is 0 Å². The first-order valence-electron chi connectivity index (χ1n) is 9.61. The molecule has 3 N–H and O–H groups in total. The van der Waals surface area contributed by atoms with Crippen molar-refractivity contribution in [2.45, 2.75) is 57.7 Å². The third-order valence-corrected chi connectivity index (χ3v) is 5.11. The van der Waals surface area contributed by atoms with Crippen molar-refractivity contribution >= 4 is 11.9 Å². The number of nitrogens with one attached hydrogen (secondary N) is 1. The maximum Gasteiger partial charge on any atom is 0.328 e. The fourth-order valence-corrected chi connectivity index (χ4v) is 3.88. The molecule has 1 aliphatic carbocycles. The van der Waals surface area contributed by atoms with E-state index in [0.717, 1.165) is 18.6 Å². The molecule has 0 bridgehead atoms. The summed E-state index contributed by atoms with van der Waals surface area (Å²) in [7, 11) is 0. The first-order valence-corrected chi connectivity index (χ1v) is 9.61. The molecule has 2 fully saturated rings. The summed E-state index contributed by atoms with van der Waals surface area (Å²) in [6.07, 6.45) is 8.10. The molecule has 1 aromatic carbocycles. The van der Waals surface area contributed by atoms with Gasteiger partial charge in [-0.15, -0.1) is 0 Å². The van der Waals surface area contributed by atoms with Crippen LogP contribution in [0.2, 0.25) is 0 Å². The monoisotopic (exact) mass is 374 g/mol. The van der Waals surface area contributed by atoms with Crippen LogP contribution in [0.1, 0.15) is 43.2 Å². The van der Waals surface area contributed by atoms with Crippen LogP contribution >= 0.6 is 0 Å². The van der Waals surface area contributed by atoms with Crippen molar-refractivity contribution in [1.82, 2.24) is 10.2 Å². The number of carboxylic acids is 2. The number of carboxylic acid groups (broad SMARTS) is 2. The van der Waals surface area contributed by atoms with Crippen molar-refractivity contribution in [2.75, 3.05) is 13.1 Å². The number of rotatable bonds is 6. The second-order valence-electron chi connectivity index (χ2n) is 7.26. The molecular formula is C21H30N2O4. The van der Waals surface area contributed by atoms with Gasteiger partial charge in [-0.2, -0.15) is 0 Å². The smallest absolute Gasteiger partial charge is 0.328 e. The average molecular weight is 374 g/mol. The Hall–Kier alpha value is -2.18. The Morgan fingerprint density at radius 2 is 1.78 bits per heavy atom. The molecule has 1 aromatic rings. The van der Waals surface area contributed by atoms with Crippen molar-refractivity contribution in [3.63, 3.8) is 0 Å². The van der Waals surface area contributed by atoms with E-state index in [0.29, 0.717) is 12.2 Å². The van der Waals surface area contributed by atoms with Crippen LogP contribution in [0.3, 0.4) is 0 Å². The van der Waals surface area contributed by atoms with Crippen LogP contribution in [-0.4, -0.2) is 52.2 Å². The zero-order valence-corrected chi connectivity index (χ0v) is 15.9. The standard InChI is InChI=1S/C17H26N2.C4H4O4/c1-14-5-4-6-15(11-14)13-19(16-7-2-3-8-16)17-9-10-18-12-17;5-3(6)1-2-4(7)8/h4-6,11,16-18H,2-3,7-10,12-13H2,1H3;1-2H,(H,5,6)(H,7,8)/b;2-1+/t17-;/m0./s1. The fourth-order valence-electron chi connectivity index (χ4n) is 3.88. The zero-order chi connectivity index (χ0) is 19.6. The van der Waals surface area contributed by atoms with Gasteiger partial charge in [0, 0.05) is 37.3 Å². The molecule has 2 aliphatic rings. The lowest BCUT2D eigenvalue weighted by molar-refractivity contribution is -0.134. The summed E-state index contributed by atoms with van der Waals surface area (Å²) in [5.74, 6) is -2.51. The van der Waals surface area contributed by atoms with E-state index >= 15 is 0 Å². The highest BCUT2D eigenvalue weighted by atomic mass is 16.4. The molecule has 27 heavy (non-hydrogen) atoms. The van der Waals surface area contributed by atoms with Crippen molar-refractivity contribution in [1.29, 1.82) is 0 Å². The number of nitrogens with zero attached hydrogens (tertiary/aromatic N) is 1. The predicted octanol–water partition coefficient (Wildman–Crippen LogP) is 2.81. The summed E-state index contributed by atoms with van der Waals surface area (Å²) in [5.41, 5.74) is 2.87. The molecule has 1 saturated heterocycles. The fraction of sp³-hybridized carbons (Fsp3) is 0.524. The number of hydrogen-bond acceptors (Lipinski definition) is 4. The van der Waals surface area contributed by atoms with E-state index in [1.807, 2.05) is 0 Å². The van der Waals surface area contributed by atoms with Gasteiger partial charge in [-0.1, -0.05) is 42.7 Å². The Balaban J connectivity index is 0.000000279. The van der Waals surface area contributed by atoms with Gasteiger partial charge in [-0.3, -0.25) is 4.90 Å². The molecule has 148 valence electrons. The minimum Gasteiger partial charge on any atom is -0.478 e. The molecule has 1 atom stereocenters. The van der Waals surface area contributed by atoms with E-state index in [4.69, 9.17) is 10.2 Å². The normalized spacial score (nSPS) is 20.0. The van der Waals surface area contributed by atoms with Crippen molar-refractivity contribution in [3.05, 3.63) is 47.5 Å². The van der Waals surface area contributed by atoms with Crippen LogP contribution in [0.5, 0.6) is 0 Å². The SMILES string of the molecule is Cc1cccc(CN(C2CCCC2)[C@H]2CCNC2)c1.O=C(O)/C=C/C(=O)O. The van der Waals surface area contributed by atoms with Gasteiger partial charge in [-0.25, -0.2) is 9.59 Å². The van der Waals surface area contributed by atoms with E-state index in [1.165, 1.54) is 56.3 Å². The van der Waals surface area contributed by atoms with Gasteiger partial charge in [0.2, 0.25) is 0 Å². The minimum absolute atomic E-state index is 0.558. The van der Waals surface area contributed by atoms with Gasteiger partial charge >= 0.3 is 11.9 Å². The second kappa shape index (κ2) is 10.8. The lowest BCUT2D eigenvalue weighted by Crippen LogP contribution is -2.42. The van der Waals surface area contributed by atoms with Crippen molar-refractivity contribution < 1.29 is 19.8 Å². The van der Waals surface area contributed by atoms with Crippen LogP contribution in [-0.2, 0) is 16.1 Å². The van der Waals surface area contributed by atoms with Crippen LogP contribution in [0.25, 0.3) is 0 Å². The molecule has 1 heterocycles. The lowest BCUT2D eigenvalue weighted by Gasteiger charge is -2.34. The molecule has 3 rings (SSSR count). The topological polar surface area (TPSA) is 89.9 Å². The Morgan fingerprint density at radius 1 is 1.11 bits per heavy atom. The molecule has 0 amide bonds. The average Bonchev–Trinajstić information content (AvgIpc) is 3.32. The van der Waals surface area contributed by atoms with Crippen molar-refractivity contribution in [3.8, 4) is 0 Å². The summed E-state index contributed by atoms with van der Waals surface area (Å²) >= 11 is 0. The van der Waals surface area contributed by atoms with Crippen molar-refractivity contribution in [2.24, 2.45) is 0 Å². The minimum atomic E-state index is -1.26. The molecular weight excluding hydrogens is 344 g/mol. The summed E-state index contributed by atoms with van der Waals surface area (Å²) in [4.78, 5) is 21.9. The largest absolute Gasteiger partial charge is 0.478 e. The highest BCUT2D eigenvalue weighted by Gasteiger charge is 2.30. The first-order chi connectivity index (χ1) is 13.0. The molecule has 0 spiro atoms. The van der Waals surface area contributed by atoms with E-state index < -0.39 is 11.9 Å². The molecule has 1 aliphatic heterocycles. The van der Waals surface area contributed by atoms with Crippen LogP contribution in [0, 0.1) is 6.92 Å². The molecule has 0 radical (unpaired) electrons. The maximum absolute atomic E-state index is 9.55. The van der Waals surface area contributed by atoms with Crippen LogP contribution in [0.15, 0.2) is 36.4 Å². The summed E-state index contributed by atoms with van der Waals surface area (Å²) in [6, 6.07) is 10.6. The number of benzene rings is 1.